The van der Waals surface area contributed by atoms with Gasteiger partial charge in [0.15, 0.2) is 0 Å². The van der Waals surface area contributed by atoms with E-state index in [1.54, 1.807) is 25.4 Å². The molecule has 0 spiro atoms. The molecular weight excluding hydrogens is 316 g/mol. The van der Waals surface area contributed by atoms with Crippen molar-refractivity contribution in [1.82, 2.24) is 9.55 Å². The van der Waals surface area contributed by atoms with Gasteiger partial charge in [-0.05, 0) is 31.2 Å². The molecule has 0 fully saturated rings. The fourth-order valence-corrected chi connectivity index (χ4v) is 4.53. The molecule has 1 N–H and O–H groups in total. The molecule has 0 saturated carbocycles. The van der Waals surface area contributed by atoms with Crippen LogP contribution in [0.3, 0.4) is 0 Å². The van der Waals surface area contributed by atoms with Gasteiger partial charge in [-0.3, -0.25) is 9.36 Å². The van der Waals surface area contributed by atoms with E-state index in [0.717, 1.165) is 29.7 Å². The van der Waals surface area contributed by atoms with Crippen molar-refractivity contribution in [1.29, 1.82) is 0 Å². The van der Waals surface area contributed by atoms with Gasteiger partial charge in [-0.15, -0.1) is 11.3 Å². The number of carbonyl (C=O) groups is 1. The molecule has 0 radical (unpaired) electrons. The molecule has 0 aromatic carbocycles. The van der Waals surface area contributed by atoms with Gasteiger partial charge in [0.25, 0.3) is 5.56 Å². The first-order valence-corrected chi connectivity index (χ1v) is 8.67. The number of thiophene rings is 1. The van der Waals surface area contributed by atoms with Crippen LogP contribution in [0.15, 0.2) is 4.79 Å². The van der Waals surface area contributed by atoms with Crippen molar-refractivity contribution in [2.24, 2.45) is 0 Å². The quantitative estimate of drug-likeness (QED) is 0.874. The molecule has 6 nitrogen and oxygen atoms in total. The lowest BCUT2D eigenvalue weighted by molar-refractivity contribution is -0.141. The van der Waals surface area contributed by atoms with Crippen LogP contribution in [-0.2, 0) is 28.8 Å². The van der Waals surface area contributed by atoms with E-state index in [1.807, 2.05) is 0 Å². The molecule has 2 heterocycles. The third kappa shape index (κ3) is 2.68. The minimum atomic E-state index is -0.999. The van der Waals surface area contributed by atoms with Crippen LogP contribution in [-0.4, -0.2) is 34.3 Å². The average Bonchev–Trinajstić information content (AvgIpc) is 3.08. The van der Waals surface area contributed by atoms with Gasteiger partial charge in [0.05, 0.1) is 12.0 Å². The highest BCUT2D eigenvalue weighted by atomic mass is 32.1. The van der Waals surface area contributed by atoms with Gasteiger partial charge < -0.3 is 9.84 Å². The number of nitrogens with zero attached hydrogens (tertiary/aromatic N) is 2. The number of carboxylic acids is 1. The number of aliphatic carboxylic acids is 1. The summed E-state index contributed by atoms with van der Waals surface area (Å²) in [4.78, 5) is 31.3. The molecule has 1 aliphatic carbocycles. The zero-order valence-corrected chi connectivity index (χ0v) is 14.1. The maximum atomic E-state index is 13.1. The summed E-state index contributed by atoms with van der Waals surface area (Å²) < 4.78 is 6.46. The number of hydrogen-bond acceptors (Lipinski definition) is 5. The molecule has 0 saturated heterocycles. The summed E-state index contributed by atoms with van der Waals surface area (Å²) in [5.74, 6) is -0.500. The van der Waals surface area contributed by atoms with Gasteiger partial charge in [0, 0.05) is 18.4 Å². The van der Waals surface area contributed by atoms with E-state index in [1.165, 1.54) is 9.44 Å². The minimum absolute atomic E-state index is 0.213. The largest absolute Gasteiger partial charge is 0.480 e. The monoisotopic (exact) mass is 336 g/mol. The van der Waals surface area contributed by atoms with Crippen molar-refractivity contribution in [3.8, 4) is 0 Å². The van der Waals surface area contributed by atoms with Crippen molar-refractivity contribution in [2.45, 2.75) is 45.1 Å². The summed E-state index contributed by atoms with van der Waals surface area (Å²) in [5, 5.41) is 10.1. The standard InChI is InChI=1S/C16H20N2O4S/c1-3-10(16(20)21)18-12(7-8-22-2)17-14-13(15(18)19)9-5-4-6-11(9)23-14/h10H,3-8H2,1-2H3,(H,20,21). The fourth-order valence-electron chi connectivity index (χ4n) is 3.26. The lowest BCUT2D eigenvalue weighted by Gasteiger charge is -2.18. The van der Waals surface area contributed by atoms with E-state index >= 15 is 0 Å². The van der Waals surface area contributed by atoms with E-state index in [9.17, 15) is 14.7 Å². The Morgan fingerprint density at radius 2 is 2.26 bits per heavy atom. The van der Waals surface area contributed by atoms with Crippen molar-refractivity contribution in [2.75, 3.05) is 13.7 Å². The maximum Gasteiger partial charge on any atom is 0.326 e. The van der Waals surface area contributed by atoms with Crippen molar-refractivity contribution < 1.29 is 14.6 Å². The van der Waals surface area contributed by atoms with Gasteiger partial charge in [0.2, 0.25) is 0 Å². The topological polar surface area (TPSA) is 81.4 Å². The molecule has 0 bridgehead atoms. The van der Waals surface area contributed by atoms with Crippen LogP contribution in [0.5, 0.6) is 0 Å². The lowest BCUT2D eigenvalue weighted by atomic mass is 10.1. The second-order valence-corrected chi connectivity index (χ2v) is 6.83. The Bertz CT molecular complexity index is 808. The van der Waals surface area contributed by atoms with Crippen LogP contribution in [0.25, 0.3) is 10.2 Å². The molecule has 2 aromatic rings. The Labute approximate surface area is 137 Å². The van der Waals surface area contributed by atoms with Crippen LogP contribution >= 0.6 is 11.3 Å². The second kappa shape index (κ2) is 6.41. The van der Waals surface area contributed by atoms with E-state index in [0.29, 0.717) is 30.7 Å². The zero-order chi connectivity index (χ0) is 16.6. The number of aromatic nitrogens is 2. The van der Waals surface area contributed by atoms with E-state index in [4.69, 9.17) is 4.74 Å². The highest BCUT2D eigenvalue weighted by Gasteiger charge is 2.27. The van der Waals surface area contributed by atoms with Crippen LogP contribution in [0.4, 0.5) is 0 Å². The Morgan fingerprint density at radius 1 is 1.48 bits per heavy atom. The number of methoxy groups -OCH3 is 1. The van der Waals surface area contributed by atoms with Gasteiger partial charge in [-0.25, -0.2) is 9.78 Å². The molecule has 1 unspecified atom stereocenters. The Kier molecular flexibility index (Phi) is 4.50. The Morgan fingerprint density at radius 3 is 2.91 bits per heavy atom. The first-order chi connectivity index (χ1) is 11.1. The normalized spacial score (nSPS) is 15.0. The van der Waals surface area contributed by atoms with E-state index < -0.39 is 12.0 Å². The molecule has 1 atom stereocenters. The van der Waals surface area contributed by atoms with Gasteiger partial charge in [-0.2, -0.15) is 0 Å². The summed E-state index contributed by atoms with van der Waals surface area (Å²) >= 11 is 1.57. The average molecular weight is 336 g/mol. The molecule has 2 aromatic heterocycles. The van der Waals surface area contributed by atoms with E-state index in [2.05, 4.69) is 4.98 Å². The second-order valence-electron chi connectivity index (χ2n) is 5.75. The first kappa shape index (κ1) is 16.1. The summed E-state index contributed by atoms with van der Waals surface area (Å²) in [6, 6.07) is -0.886. The molecule has 1 aliphatic rings. The molecule has 0 aliphatic heterocycles. The molecular formula is C16H20N2O4S. The first-order valence-electron chi connectivity index (χ1n) is 7.85. The van der Waals surface area contributed by atoms with Gasteiger partial charge in [-0.1, -0.05) is 6.92 Å². The third-order valence-corrected chi connectivity index (χ3v) is 5.54. The molecule has 0 amide bonds. The smallest absolute Gasteiger partial charge is 0.326 e. The molecule has 7 heteroatoms. The van der Waals surface area contributed by atoms with Gasteiger partial charge >= 0.3 is 5.97 Å². The summed E-state index contributed by atoms with van der Waals surface area (Å²) in [6.07, 6.45) is 3.69. The molecule has 3 rings (SSSR count). The zero-order valence-electron chi connectivity index (χ0n) is 13.3. The molecule has 23 heavy (non-hydrogen) atoms. The van der Waals surface area contributed by atoms with Crippen LogP contribution in [0.2, 0.25) is 0 Å². The Balaban J connectivity index is 2.26. The number of ether oxygens (including phenoxy) is 1. The number of aryl methyl sites for hydroxylation is 2. The van der Waals surface area contributed by atoms with Crippen molar-refractivity contribution >= 4 is 27.5 Å². The number of fused-ring (bicyclic) bond motifs is 3. The van der Waals surface area contributed by atoms with Crippen molar-refractivity contribution in [3.63, 3.8) is 0 Å². The SMILES string of the molecule is CCC(C(=O)O)n1c(CCOC)nc2sc3c(c2c1=O)CCC3. The third-order valence-electron chi connectivity index (χ3n) is 4.36. The summed E-state index contributed by atoms with van der Waals surface area (Å²) in [6.45, 7) is 2.17. The maximum absolute atomic E-state index is 13.1. The number of rotatable bonds is 6. The predicted molar refractivity (Wildman–Crippen MR) is 88.4 cm³/mol. The predicted octanol–water partition coefficient (Wildman–Crippen LogP) is 2.17. The summed E-state index contributed by atoms with van der Waals surface area (Å²) in [7, 11) is 1.58. The molecule has 124 valence electrons. The van der Waals surface area contributed by atoms with Crippen LogP contribution in [0.1, 0.15) is 42.1 Å². The van der Waals surface area contributed by atoms with Crippen LogP contribution in [0, 0.1) is 0 Å². The summed E-state index contributed by atoms with van der Waals surface area (Å²) in [5.41, 5.74) is 0.865. The number of hydrogen-bond donors (Lipinski definition) is 1. The Hall–Kier alpha value is -1.73. The number of carboxylic acid groups (broad SMARTS) is 1. The minimum Gasteiger partial charge on any atom is -0.480 e. The highest BCUT2D eigenvalue weighted by molar-refractivity contribution is 7.18. The highest BCUT2D eigenvalue weighted by Crippen LogP contribution is 2.35. The van der Waals surface area contributed by atoms with Crippen molar-refractivity contribution in [3.05, 3.63) is 26.6 Å². The lowest BCUT2D eigenvalue weighted by Crippen LogP contribution is -2.33. The van der Waals surface area contributed by atoms with Gasteiger partial charge in [0.1, 0.15) is 16.7 Å². The van der Waals surface area contributed by atoms with Crippen LogP contribution < -0.4 is 5.56 Å². The van der Waals surface area contributed by atoms with E-state index in [-0.39, 0.29) is 5.56 Å². The fraction of sp³-hybridized carbons (Fsp3) is 0.562.